The van der Waals surface area contributed by atoms with Gasteiger partial charge in [-0.2, -0.15) is 5.10 Å². The van der Waals surface area contributed by atoms with Crippen molar-refractivity contribution in [1.29, 1.82) is 0 Å². The number of nitrogens with two attached hydrogens (primary N) is 1. The van der Waals surface area contributed by atoms with Crippen molar-refractivity contribution in [3.63, 3.8) is 0 Å². The van der Waals surface area contributed by atoms with Crippen LogP contribution < -0.4 is 10.7 Å². The molecule has 0 spiro atoms. The molecule has 1 aliphatic rings. The van der Waals surface area contributed by atoms with E-state index < -0.39 is 0 Å². The Morgan fingerprint density at radius 2 is 2.20 bits per heavy atom. The van der Waals surface area contributed by atoms with Crippen LogP contribution in [0.4, 0.5) is 5.69 Å². The Labute approximate surface area is 98.5 Å². The fourth-order valence-electron chi connectivity index (χ4n) is 1.63. The summed E-state index contributed by atoms with van der Waals surface area (Å²) in [7, 11) is 0. The smallest absolute Gasteiger partial charge is 0.122 e. The monoisotopic (exact) mass is 243 g/mol. The van der Waals surface area contributed by atoms with Gasteiger partial charge in [0.2, 0.25) is 0 Å². The van der Waals surface area contributed by atoms with E-state index in [-0.39, 0.29) is 6.04 Å². The van der Waals surface area contributed by atoms with Crippen LogP contribution in [0.2, 0.25) is 10.0 Å². The Hall–Kier alpha value is -0.930. The zero-order valence-electron chi connectivity index (χ0n) is 8.24. The molecule has 2 N–H and O–H groups in total. The third kappa shape index (κ3) is 2.03. The highest BCUT2D eigenvalue weighted by Crippen LogP contribution is 2.32. The van der Waals surface area contributed by atoms with Crippen LogP contribution >= 0.6 is 23.2 Å². The van der Waals surface area contributed by atoms with E-state index in [0.717, 1.165) is 12.1 Å². The van der Waals surface area contributed by atoms with E-state index in [4.69, 9.17) is 28.9 Å². The van der Waals surface area contributed by atoms with Gasteiger partial charge >= 0.3 is 0 Å². The van der Waals surface area contributed by atoms with E-state index in [9.17, 15) is 0 Å². The molecule has 0 aliphatic carbocycles. The molecule has 1 aromatic rings. The molecule has 0 aromatic heterocycles. The lowest BCUT2D eigenvalue weighted by atomic mass is 10.2. The van der Waals surface area contributed by atoms with E-state index in [1.807, 2.05) is 18.0 Å². The number of hydrazone groups is 1. The Morgan fingerprint density at radius 3 is 2.73 bits per heavy atom. The molecule has 1 aromatic carbocycles. The third-order valence-electron chi connectivity index (χ3n) is 2.31. The fourth-order valence-corrected chi connectivity index (χ4v) is 2.12. The Bertz CT molecular complexity index is 417. The number of amidine groups is 1. The molecule has 1 unspecified atom stereocenters. The van der Waals surface area contributed by atoms with Crippen molar-refractivity contribution < 1.29 is 0 Å². The lowest BCUT2D eigenvalue weighted by molar-refractivity contribution is 0.723. The maximum absolute atomic E-state index is 6.09. The topological polar surface area (TPSA) is 41.6 Å². The van der Waals surface area contributed by atoms with Gasteiger partial charge in [0.1, 0.15) is 5.84 Å². The summed E-state index contributed by atoms with van der Waals surface area (Å²) in [5, 5.41) is 7.27. The van der Waals surface area contributed by atoms with Crippen molar-refractivity contribution >= 4 is 34.7 Å². The highest BCUT2D eigenvalue weighted by atomic mass is 35.5. The minimum absolute atomic E-state index is 0.240. The minimum Gasteiger partial charge on any atom is -0.386 e. The first-order valence-electron chi connectivity index (χ1n) is 4.65. The van der Waals surface area contributed by atoms with Gasteiger partial charge in [0.05, 0.1) is 16.8 Å². The van der Waals surface area contributed by atoms with Crippen LogP contribution in [0.5, 0.6) is 0 Å². The summed E-state index contributed by atoms with van der Waals surface area (Å²) in [6, 6.07) is 5.58. The number of anilines is 1. The number of hydrogen-bond acceptors (Lipinski definition) is 3. The van der Waals surface area contributed by atoms with Crippen LogP contribution in [0.15, 0.2) is 23.3 Å². The molecule has 1 atom stereocenters. The van der Waals surface area contributed by atoms with Gasteiger partial charge in [-0.15, -0.1) is 0 Å². The Balaban J connectivity index is 2.38. The molecule has 2 rings (SSSR count). The average molecular weight is 244 g/mol. The van der Waals surface area contributed by atoms with Gasteiger partial charge in [-0.3, -0.25) is 5.01 Å². The quantitative estimate of drug-likeness (QED) is 0.825. The Morgan fingerprint density at radius 1 is 1.47 bits per heavy atom. The van der Waals surface area contributed by atoms with Gasteiger partial charge in [-0.25, -0.2) is 0 Å². The Kier molecular flexibility index (Phi) is 2.76. The molecule has 0 amide bonds. The maximum Gasteiger partial charge on any atom is 0.122 e. The van der Waals surface area contributed by atoms with Gasteiger partial charge in [0.15, 0.2) is 0 Å². The summed E-state index contributed by atoms with van der Waals surface area (Å²) in [5.74, 6) is 0.633. The van der Waals surface area contributed by atoms with E-state index in [2.05, 4.69) is 5.10 Å². The van der Waals surface area contributed by atoms with Crippen LogP contribution in [-0.4, -0.2) is 11.9 Å². The van der Waals surface area contributed by atoms with Crippen molar-refractivity contribution in [2.24, 2.45) is 10.8 Å². The number of benzene rings is 1. The van der Waals surface area contributed by atoms with Gasteiger partial charge in [-0.05, 0) is 25.1 Å². The number of nitrogens with zero attached hydrogens (tertiary/aromatic N) is 2. The van der Waals surface area contributed by atoms with E-state index in [1.54, 1.807) is 12.1 Å². The van der Waals surface area contributed by atoms with Crippen LogP contribution in [0, 0.1) is 0 Å². The summed E-state index contributed by atoms with van der Waals surface area (Å²) < 4.78 is 0. The van der Waals surface area contributed by atoms with Crippen molar-refractivity contribution in [3.05, 3.63) is 28.2 Å². The molecule has 5 heteroatoms. The molecule has 15 heavy (non-hydrogen) atoms. The first-order chi connectivity index (χ1) is 7.08. The normalized spacial score (nSPS) is 20.6. The van der Waals surface area contributed by atoms with Crippen LogP contribution in [0.25, 0.3) is 0 Å². The van der Waals surface area contributed by atoms with Crippen LogP contribution in [-0.2, 0) is 0 Å². The van der Waals surface area contributed by atoms with Crippen molar-refractivity contribution in [2.45, 2.75) is 19.4 Å². The molecule has 1 heterocycles. The highest BCUT2D eigenvalue weighted by molar-refractivity contribution is 6.36. The maximum atomic E-state index is 6.09. The van der Waals surface area contributed by atoms with Crippen molar-refractivity contribution in [1.82, 2.24) is 0 Å². The SMILES string of the molecule is CC1CC(N)=NN1c1ccc(Cl)cc1Cl. The largest absolute Gasteiger partial charge is 0.386 e. The van der Waals surface area contributed by atoms with Crippen molar-refractivity contribution in [3.8, 4) is 0 Å². The average Bonchev–Trinajstić information content (AvgIpc) is 2.45. The molecule has 0 fully saturated rings. The van der Waals surface area contributed by atoms with Gasteiger partial charge in [0, 0.05) is 11.4 Å². The van der Waals surface area contributed by atoms with Crippen molar-refractivity contribution in [2.75, 3.05) is 5.01 Å². The third-order valence-corrected chi connectivity index (χ3v) is 2.85. The second kappa shape index (κ2) is 3.91. The van der Waals surface area contributed by atoms with E-state index >= 15 is 0 Å². The summed E-state index contributed by atoms with van der Waals surface area (Å²) >= 11 is 11.9. The van der Waals surface area contributed by atoms with Gasteiger partial charge in [-0.1, -0.05) is 23.2 Å². The molecule has 3 nitrogen and oxygen atoms in total. The highest BCUT2D eigenvalue weighted by Gasteiger charge is 2.23. The number of halogens is 2. The first-order valence-corrected chi connectivity index (χ1v) is 5.41. The zero-order chi connectivity index (χ0) is 11.0. The molecular formula is C10H11Cl2N3. The summed E-state index contributed by atoms with van der Waals surface area (Å²) in [6.45, 7) is 2.05. The van der Waals surface area contributed by atoms with E-state index in [0.29, 0.717) is 15.9 Å². The fraction of sp³-hybridized carbons (Fsp3) is 0.300. The first kappa shape index (κ1) is 10.6. The second-order valence-corrected chi connectivity index (χ2v) is 4.43. The van der Waals surface area contributed by atoms with Crippen LogP contribution in [0.1, 0.15) is 13.3 Å². The second-order valence-electron chi connectivity index (χ2n) is 3.58. The molecule has 0 saturated carbocycles. The van der Waals surface area contributed by atoms with E-state index in [1.165, 1.54) is 0 Å². The molecule has 0 bridgehead atoms. The predicted octanol–water partition coefficient (Wildman–Crippen LogP) is 2.86. The molecule has 80 valence electrons. The van der Waals surface area contributed by atoms with Gasteiger partial charge in [0.25, 0.3) is 0 Å². The van der Waals surface area contributed by atoms with Crippen LogP contribution in [0.3, 0.4) is 0 Å². The number of rotatable bonds is 1. The lowest BCUT2D eigenvalue weighted by Gasteiger charge is -2.20. The summed E-state index contributed by atoms with van der Waals surface area (Å²) in [6.07, 6.45) is 0.763. The van der Waals surface area contributed by atoms with Gasteiger partial charge < -0.3 is 5.73 Å². The summed E-state index contributed by atoms with van der Waals surface area (Å²) in [5.41, 5.74) is 6.51. The predicted molar refractivity (Wildman–Crippen MR) is 64.6 cm³/mol. The molecular weight excluding hydrogens is 233 g/mol. The lowest BCUT2D eigenvalue weighted by Crippen LogP contribution is -2.23. The summed E-state index contributed by atoms with van der Waals surface area (Å²) in [4.78, 5) is 0. The zero-order valence-corrected chi connectivity index (χ0v) is 9.76. The minimum atomic E-state index is 0.240. The molecule has 0 radical (unpaired) electrons. The molecule has 1 aliphatic heterocycles. The number of hydrogen-bond donors (Lipinski definition) is 1. The molecule has 0 saturated heterocycles. The standard InChI is InChI=1S/C10H11Cl2N3/c1-6-4-10(13)14-15(6)9-3-2-7(11)5-8(9)12/h2-3,5-6H,4H2,1H3,(H2,13,14).